The van der Waals surface area contributed by atoms with Crippen molar-refractivity contribution in [2.75, 3.05) is 0 Å². The molecule has 1 atom stereocenters. The fourth-order valence-electron chi connectivity index (χ4n) is 0.174. The second-order valence-corrected chi connectivity index (χ2v) is 2.06. The molecule has 0 aliphatic heterocycles. The van der Waals surface area contributed by atoms with Crippen LogP contribution in [0.1, 0.15) is 13.8 Å². The van der Waals surface area contributed by atoms with Crippen LogP contribution in [0, 0.1) is 0 Å². The van der Waals surface area contributed by atoms with Gasteiger partial charge >= 0.3 is 0 Å². The summed E-state index contributed by atoms with van der Waals surface area (Å²) in [5.74, 6) is 0. The van der Waals surface area contributed by atoms with Crippen LogP contribution < -0.4 is 0 Å². The molecule has 0 aliphatic rings. The highest BCUT2D eigenvalue weighted by Gasteiger charge is 2.17. The van der Waals surface area contributed by atoms with Gasteiger partial charge in [0.2, 0.25) is 0 Å². The predicted octanol–water partition coefficient (Wildman–Crippen LogP) is 2.48. The molecule has 0 bridgehead atoms. The smallest absolute Gasteiger partial charge is 0.146 e. The summed E-state index contributed by atoms with van der Waals surface area (Å²) in [5.41, 5.74) is -0.896. The Morgan fingerprint density at radius 3 is 2.12 bits per heavy atom. The third-order valence-electron chi connectivity index (χ3n) is 1.22. The third-order valence-corrected chi connectivity index (χ3v) is 1.22. The van der Waals surface area contributed by atoms with Crippen molar-refractivity contribution >= 4 is 0 Å². The molecule has 0 aromatic heterocycles. The number of allylic oxidation sites excluding steroid dienone is 2. The van der Waals surface area contributed by atoms with Gasteiger partial charge in [0.05, 0.1) is 0 Å². The Bertz CT molecular complexity index is 112. The first kappa shape index (κ1) is 7.41. The van der Waals surface area contributed by atoms with E-state index in [1.165, 1.54) is 13.0 Å². The largest absolute Gasteiger partial charge is 0.235 e. The van der Waals surface area contributed by atoms with Gasteiger partial charge in [0.25, 0.3) is 0 Å². The van der Waals surface area contributed by atoms with Crippen molar-refractivity contribution in [2.45, 2.75) is 19.5 Å². The summed E-state index contributed by atoms with van der Waals surface area (Å²) in [6.07, 6.45) is 1.25. The van der Waals surface area contributed by atoms with Gasteiger partial charge in [-0.25, -0.2) is 4.39 Å². The zero-order chi connectivity index (χ0) is 6.78. The van der Waals surface area contributed by atoms with Gasteiger partial charge in [-0.3, -0.25) is 0 Å². The summed E-state index contributed by atoms with van der Waals surface area (Å²) in [5, 5.41) is 0. The minimum Gasteiger partial charge on any atom is -0.235 e. The molecule has 0 nitrogen and oxygen atoms in total. The molecule has 0 saturated carbocycles. The lowest BCUT2D eigenvalue weighted by atomic mass is 10.0. The number of halogens is 1. The molecule has 0 saturated heterocycles. The highest BCUT2D eigenvalue weighted by molar-refractivity contribution is 5.15. The number of alkyl halides is 1. The molecule has 0 aromatic carbocycles. The Kier molecular flexibility index (Phi) is 1.96. The fourth-order valence-corrected chi connectivity index (χ4v) is 0.174. The van der Waals surface area contributed by atoms with E-state index in [1.807, 2.05) is 0 Å². The van der Waals surface area contributed by atoms with Crippen LogP contribution in [0.5, 0.6) is 0 Å². The van der Waals surface area contributed by atoms with Crippen LogP contribution in [0.3, 0.4) is 0 Å². The first-order chi connectivity index (χ1) is 3.50. The lowest BCUT2D eigenvalue weighted by molar-refractivity contribution is 0.310. The van der Waals surface area contributed by atoms with Crippen LogP contribution in [0.15, 0.2) is 24.8 Å². The summed E-state index contributed by atoms with van der Waals surface area (Å²) in [4.78, 5) is 0. The zero-order valence-corrected chi connectivity index (χ0v) is 5.37. The van der Waals surface area contributed by atoms with Crippen LogP contribution >= 0.6 is 0 Å². The minimum absolute atomic E-state index is 0.493. The number of hydrogen-bond acceptors (Lipinski definition) is 0. The maximum absolute atomic E-state index is 12.7. The maximum Gasteiger partial charge on any atom is 0.146 e. The summed E-state index contributed by atoms with van der Waals surface area (Å²) < 4.78 is 12.7. The first-order valence-corrected chi connectivity index (χ1v) is 2.49. The van der Waals surface area contributed by atoms with Crippen molar-refractivity contribution in [3.8, 4) is 0 Å². The Morgan fingerprint density at radius 1 is 1.75 bits per heavy atom. The van der Waals surface area contributed by atoms with Gasteiger partial charge < -0.3 is 0 Å². The number of rotatable bonds is 2. The zero-order valence-electron chi connectivity index (χ0n) is 5.37. The summed E-state index contributed by atoms with van der Waals surface area (Å²) in [7, 11) is 0. The molecule has 0 N–H and O–H groups in total. The van der Waals surface area contributed by atoms with E-state index >= 15 is 0 Å². The molecule has 0 radical (unpaired) electrons. The number of hydrogen-bond donors (Lipinski definition) is 0. The fraction of sp³-hybridized carbons (Fsp3) is 0.429. The Morgan fingerprint density at radius 2 is 2.12 bits per heavy atom. The second-order valence-electron chi connectivity index (χ2n) is 2.06. The Labute approximate surface area is 49.7 Å². The summed E-state index contributed by atoms with van der Waals surface area (Å²) in [6.45, 7) is 9.84. The van der Waals surface area contributed by atoms with E-state index in [2.05, 4.69) is 13.2 Å². The molecule has 0 amide bonds. The van der Waals surface area contributed by atoms with E-state index in [9.17, 15) is 4.39 Å². The molecule has 0 rings (SSSR count). The predicted molar refractivity (Wildman–Crippen MR) is 34.5 cm³/mol. The van der Waals surface area contributed by atoms with Crippen molar-refractivity contribution in [1.29, 1.82) is 0 Å². The average Bonchev–Trinajstić information content (AvgIpc) is 1.67. The topological polar surface area (TPSA) is 0 Å². The lowest BCUT2D eigenvalue weighted by Crippen LogP contribution is -2.13. The van der Waals surface area contributed by atoms with Gasteiger partial charge in [-0.1, -0.05) is 19.2 Å². The van der Waals surface area contributed by atoms with Gasteiger partial charge in [-0.15, -0.1) is 0 Å². The van der Waals surface area contributed by atoms with Crippen LogP contribution in [-0.4, -0.2) is 5.67 Å². The van der Waals surface area contributed by atoms with Gasteiger partial charge in [-0.2, -0.15) is 0 Å². The molecule has 1 unspecified atom stereocenters. The molecule has 0 aromatic rings. The Balaban J connectivity index is 4.12. The van der Waals surface area contributed by atoms with Crippen molar-refractivity contribution in [3.05, 3.63) is 24.8 Å². The highest BCUT2D eigenvalue weighted by atomic mass is 19.1. The molecule has 0 aliphatic carbocycles. The molecule has 0 spiro atoms. The van der Waals surface area contributed by atoms with Gasteiger partial charge in [-0.05, 0) is 19.4 Å². The standard InChI is InChI=1S/C7H11F/c1-5-7(4,8)6(2)3/h5H,1-2H2,3-4H3. The van der Waals surface area contributed by atoms with E-state index in [1.54, 1.807) is 6.92 Å². The lowest BCUT2D eigenvalue weighted by Gasteiger charge is -2.13. The second kappa shape index (κ2) is 2.12. The van der Waals surface area contributed by atoms with Gasteiger partial charge in [0.15, 0.2) is 0 Å². The van der Waals surface area contributed by atoms with Crippen molar-refractivity contribution in [1.82, 2.24) is 0 Å². The van der Waals surface area contributed by atoms with Crippen LogP contribution in [-0.2, 0) is 0 Å². The molecular formula is C7H11F. The van der Waals surface area contributed by atoms with Crippen LogP contribution in [0.2, 0.25) is 0 Å². The van der Waals surface area contributed by atoms with Crippen LogP contribution in [0.25, 0.3) is 0 Å². The monoisotopic (exact) mass is 114 g/mol. The van der Waals surface area contributed by atoms with E-state index in [0.717, 1.165) is 0 Å². The minimum atomic E-state index is -1.39. The van der Waals surface area contributed by atoms with Crippen molar-refractivity contribution < 1.29 is 4.39 Å². The molecule has 0 fully saturated rings. The SMILES string of the molecule is C=CC(C)(F)C(=C)C. The van der Waals surface area contributed by atoms with E-state index in [-0.39, 0.29) is 0 Å². The van der Waals surface area contributed by atoms with E-state index in [4.69, 9.17) is 0 Å². The molecule has 1 heteroatoms. The quantitative estimate of drug-likeness (QED) is 0.484. The van der Waals surface area contributed by atoms with Crippen molar-refractivity contribution in [2.24, 2.45) is 0 Å². The maximum atomic E-state index is 12.7. The average molecular weight is 114 g/mol. The van der Waals surface area contributed by atoms with Crippen LogP contribution in [0.4, 0.5) is 4.39 Å². The molecular weight excluding hydrogens is 103 g/mol. The molecule has 0 heterocycles. The normalized spacial score (nSPS) is 16.9. The van der Waals surface area contributed by atoms with Gasteiger partial charge in [0.1, 0.15) is 5.67 Å². The van der Waals surface area contributed by atoms with Gasteiger partial charge in [0, 0.05) is 0 Å². The highest BCUT2D eigenvalue weighted by Crippen LogP contribution is 2.19. The van der Waals surface area contributed by atoms with Crippen molar-refractivity contribution in [3.63, 3.8) is 0 Å². The van der Waals surface area contributed by atoms with E-state index in [0.29, 0.717) is 5.57 Å². The summed E-state index contributed by atoms with van der Waals surface area (Å²) >= 11 is 0. The Hall–Kier alpha value is -0.590. The molecule has 46 valence electrons. The first-order valence-electron chi connectivity index (χ1n) is 2.49. The molecule has 8 heavy (non-hydrogen) atoms. The third kappa shape index (κ3) is 1.49. The summed E-state index contributed by atoms with van der Waals surface area (Å²) in [6, 6.07) is 0. The van der Waals surface area contributed by atoms with E-state index < -0.39 is 5.67 Å².